The van der Waals surface area contributed by atoms with E-state index in [4.69, 9.17) is 4.43 Å². The lowest BCUT2D eigenvalue weighted by Gasteiger charge is -2.10. The molecule has 0 fully saturated rings. The fourth-order valence-electron chi connectivity index (χ4n) is 0.931. The van der Waals surface area contributed by atoms with E-state index in [1.807, 2.05) is 0 Å². The highest BCUT2D eigenvalue weighted by Gasteiger charge is 1.99. The van der Waals surface area contributed by atoms with E-state index in [-0.39, 0.29) is 0 Å². The molecule has 0 N–H and O–H groups in total. The zero-order valence-corrected chi connectivity index (χ0v) is 9.68. The van der Waals surface area contributed by atoms with Gasteiger partial charge in [0, 0.05) is 6.10 Å². The molecule has 0 rings (SSSR count). The first-order valence-electron chi connectivity index (χ1n) is 4.19. The van der Waals surface area contributed by atoms with Crippen molar-refractivity contribution in [2.75, 3.05) is 0 Å². The molecule has 1 unspecified atom stereocenters. The van der Waals surface area contributed by atoms with Crippen LogP contribution in [0.4, 0.5) is 0 Å². The second-order valence-electron chi connectivity index (χ2n) is 3.37. The molecule has 0 heterocycles. The van der Waals surface area contributed by atoms with Crippen LogP contribution in [0, 0.1) is 5.92 Å². The lowest BCUT2D eigenvalue weighted by molar-refractivity contribution is 0.224. The van der Waals surface area contributed by atoms with Crippen molar-refractivity contribution in [2.24, 2.45) is 5.92 Å². The Morgan fingerprint density at radius 1 is 1.20 bits per heavy atom. The molecule has 0 spiro atoms. The zero-order valence-electron chi connectivity index (χ0n) is 7.68. The van der Waals surface area contributed by atoms with Gasteiger partial charge in [0.1, 0.15) is 10.5 Å². The third kappa shape index (κ3) is 6.30. The van der Waals surface area contributed by atoms with Gasteiger partial charge in [-0.1, -0.05) is 26.7 Å². The minimum atomic E-state index is 0.505. The predicted octanol–water partition coefficient (Wildman–Crippen LogP) is 1.50. The van der Waals surface area contributed by atoms with E-state index in [0.29, 0.717) is 6.10 Å². The summed E-state index contributed by atoms with van der Waals surface area (Å²) in [7, 11) is 0.886. The summed E-state index contributed by atoms with van der Waals surface area (Å²) in [6.07, 6.45) is 4.41. The Hall–Kier alpha value is 0.177. The summed E-state index contributed by atoms with van der Waals surface area (Å²) >= 11 is 0. The number of hydrogen-bond donors (Lipinski definition) is 0. The average molecular weight is 160 g/mol. The van der Waals surface area contributed by atoms with Gasteiger partial charge in [-0.25, -0.2) is 0 Å². The van der Waals surface area contributed by atoms with E-state index in [9.17, 15) is 0 Å². The maximum atomic E-state index is 5.27. The molecular weight excluding hydrogens is 140 g/mol. The Labute approximate surface area is 67.7 Å². The standard InChI is InChI=1S/C8H20OSi/c1-7(2)5-4-6-8(3)9-10/h7-8H,4-6H2,1-3,10H3. The van der Waals surface area contributed by atoms with Crippen LogP contribution in [-0.4, -0.2) is 16.6 Å². The van der Waals surface area contributed by atoms with Crippen LogP contribution >= 0.6 is 0 Å². The van der Waals surface area contributed by atoms with Gasteiger partial charge in [0.15, 0.2) is 0 Å². The first-order chi connectivity index (χ1) is 4.66. The summed E-state index contributed by atoms with van der Waals surface area (Å²) in [5, 5.41) is 0. The van der Waals surface area contributed by atoms with Crippen molar-refractivity contribution in [1.82, 2.24) is 0 Å². The van der Waals surface area contributed by atoms with Gasteiger partial charge in [-0.05, 0) is 19.3 Å². The van der Waals surface area contributed by atoms with Gasteiger partial charge in [0.25, 0.3) is 0 Å². The number of rotatable bonds is 5. The molecule has 62 valence electrons. The van der Waals surface area contributed by atoms with Crippen LogP contribution in [0.5, 0.6) is 0 Å². The van der Waals surface area contributed by atoms with Crippen molar-refractivity contribution < 1.29 is 4.43 Å². The monoisotopic (exact) mass is 160 g/mol. The summed E-state index contributed by atoms with van der Waals surface area (Å²) in [4.78, 5) is 0. The smallest absolute Gasteiger partial charge is 0.146 e. The van der Waals surface area contributed by atoms with Crippen molar-refractivity contribution in [2.45, 2.75) is 46.1 Å². The fourth-order valence-corrected chi connectivity index (χ4v) is 1.17. The van der Waals surface area contributed by atoms with E-state index in [1.54, 1.807) is 0 Å². The summed E-state index contributed by atoms with van der Waals surface area (Å²) in [5.74, 6) is 0.848. The molecule has 0 radical (unpaired) electrons. The van der Waals surface area contributed by atoms with Crippen LogP contribution in [-0.2, 0) is 4.43 Å². The quantitative estimate of drug-likeness (QED) is 0.554. The molecule has 0 bridgehead atoms. The molecule has 0 aromatic carbocycles. The molecule has 0 aromatic rings. The summed E-state index contributed by atoms with van der Waals surface area (Å²) in [6.45, 7) is 6.70. The predicted molar refractivity (Wildman–Crippen MR) is 49.2 cm³/mol. The summed E-state index contributed by atoms with van der Waals surface area (Å²) in [6, 6.07) is 0. The topological polar surface area (TPSA) is 9.23 Å². The van der Waals surface area contributed by atoms with Crippen LogP contribution in [0.1, 0.15) is 40.0 Å². The molecular formula is C8H20OSi. The second kappa shape index (κ2) is 5.92. The molecule has 0 aliphatic rings. The Morgan fingerprint density at radius 3 is 2.20 bits per heavy atom. The molecule has 0 saturated heterocycles. The van der Waals surface area contributed by atoms with E-state index in [2.05, 4.69) is 20.8 Å². The van der Waals surface area contributed by atoms with Gasteiger partial charge in [-0.3, -0.25) is 0 Å². The van der Waals surface area contributed by atoms with Crippen molar-refractivity contribution >= 4 is 10.5 Å². The first kappa shape index (κ1) is 10.2. The third-order valence-corrected chi connectivity index (χ3v) is 2.60. The molecule has 2 heteroatoms. The van der Waals surface area contributed by atoms with Gasteiger partial charge in [-0.2, -0.15) is 0 Å². The Balaban J connectivity index is 3.03. The summed E-state index contributed by atoms with van der Waals surface area (Å²) < 4.78 is 5.27. The molecule has 0 aromatic heterocycles. The highest BCUT2D eigenvalue weighted by atomic mass is 28.2. The molecule has 0 aliphatic carbocycles. The third-order valence-electron chi connectivity index (χ3n) is 1.79. The van der Waals surface area contributed by atoms with Crippen molar-refractivity contribution in [3.8, 4) is 0 Å². The normalized spacial score (nSPS) is 14.4. The van der Waals surface area contributed by atoms with Gasteiger partial charge >= 0.3 is 0 Å². The van der Waals surface area contributed by atoms with Gasteiger partial charge < -0.3 is 4.43 Å². The minimum Gasteiger partial charge on any atom is -0.425 e. The van der Waals surface area contributed by atoms with E-state index in [0.717, 1.165) is 16.4 Å². The van der Waals surface area contributed by atoms with Crippen molar-refractivity contribution in [1.29, 1.82) is 0 Å². The van der Waals surface area contributed by atoms with Crippen LogP contribution in [0.2, 0.25) is 0 Å². The van der Waals surface area contributed by atoms with Crippen LogP contribution in [0.3, 0.4) is 0 Å². The van der Waals surface area contributed by atoms with Crippen molar-refractivity contribution in [3.63, 3.8) is 0 Å². The molecule has 1 nitrogen and oxygen atoms in total. The van der Waals surface area contributed by atoms with Gasteiger partial charge in [-0.15, -0.1) is 0 Å². The summed E-state index contributed by atoms with van der Waals surface area (Å²) in [5.41, 5.74) is 0. The Kier molecular flexibility index (Phi) is 6.03. The van der Waals surface area contributed by atoms with Crippen LogP contribution < -0.4 is 0 Å². The van der Waals surface area contributed by atoms with Crippen LogP contribution in [0.15, 0.2) is 0 Å². The molecule has 0 saturated carbocycles. The first-order valence-corrected chi connectivity index (χ1v) is 5.01. The average Bonchev–Trinajstić information content (AvgIpc) is 1.87. The lowest BCUT2D eigenvalue weighted by Crippen LogP contribution is -2.05. The fraction of sp³-hybridized carbons (Fsp3) is 1.00. The minimum absolute atomic E-state index is 0.505. The van der Waals surface area contributed by atoms with Gasteiger partial charge in [0.05, 0.1) is 0 Å². The van der Waals surface area contributed by atoms with Gasteiger partial charge in [0.2, 0.25) is 0 Å². The molecule has 1 atom stereocenters. The van der Waals surface area contributed by atoms with E-state index >= 15 is 0 Å². The van der Waals surface area contributed by atoms with Crippen LogP contribution in [0.25, 0.3) is 0 Å². The van der Waals surface area contributed by atoms with Crippen molar-refractivity contribution in [3.05, 3.63) is 0 Å². The highest BCUT2D eigenvalue weighted by Crippen LogP contribution is 2.08. The highest BCUT2D eigenvalue weighted by molar-refractivity contribution is 5.98. The molecule has 0 amide bonds. The largest absolute Gasteiger partial charge is 0.425 e. The SMILES string of the molecule is CC(C)CCCC(C)O[SiH3]. The maximum absolute atomic E-state index is 5.27. The second-order valence-corrected chi connectivity index (χ2v) is 3.84. The van der Waals surface area contributed by atoms with E-state index in [1.165, 1.54) is 19.3 Å². The van der Waals surface area contributed by atoms with E-state index < -0.39 is 0 Å². The Morgan fingerprint density at radius 2 is 1.80 bits per heavy atom. The lowest BCUT2D eigenvalue weighted by atomic mass is 10.1. The maximum Gasteiger partial charge on any atom is 0.146 e. The number of hydrogen-bond acceptors (Lipinski definition) is 1. The Bertz CT molecular complexity index is 73.7. The zero-order chi connectivity index (χ0) is 7.98. The molecule has 0 aliphatic heterocycles. The molecule has 10 heavy (non-hydrogen) atoms.